The highest BCUT2D eigenvalue weighted by atomic mass is 35.5. The molecule has 19 heavy (non-hydrogen) atoms. The van der Waals surface area contributed by atoms with Gasteiger partial charge < -0.3 is 5.73 Å². The maximum Gasteiger partial charge on any atom is 0.184 e. The lowest BCUT2D eigenvalue weighted by atomic mass is 9.98. The van der Waals surface area contributed by atoms with E-state index in [1.165, 1.54) is 0 Å². The van der Waals surface area contributed by atoms with Crippen molar-refractivity contribution < 1.29 is 0 Å². The number of rotatable bonds is 4. The summed E-state index contributed by atoms with van der Waals surface area (Å²) < 4.78 is 1.82. The molecular weight excluding hydrogens is 262 g/mol. The van der Waals surface area contributed by atoms with Gasteiger partial charge in [-0.1, -0.05) is 24.9 Å². The Bertz CT molecular complexity index is 576. The second-order valence-corrected chi connectivity index (χ2v) is 5.62. The average Bonchev–Trinajstić information content (AvgIpc) is 2.82. The number of benzene rings is 1. The number of halogens is 1. The lowest BCUT2D eigenvalue weighted by Crippen LogP contribution is -2.28. The molecule has 0 unspecified atom stereocenters. The number of nitrogen functional groups attached to an aromatic ring is 1. The van der Waals surface area contributed by atoms with Gasteiger partial charge >= 0.3 is 0 Å². The zero-order valence-electron chi connectivity index (χ0n) is 11.4. The number of tetrazole rings is 1. The third-order valence-electron chi connectivity index (χ3n) is 3.14. The van der Waals surface area contributed by atoms with Crippen LogP contribution in [0.3, 0.4) is 0 Å². The van der Waals surface area contributed by atoms with Crippen molar-refractivity contribution in [2.45, 2.75) is 39.2 Å². The maximum absolute atomic E-state index is 6.22. The minimum atomic E-state index is -0.165. The molecule has 2 rings (SSSR count). The monoisotopic (exact) mass is 279 g/mol. The zero-order valence-corrected chi connectivity index (χ0v) is 12.1. The Morgan fingerprint density at radius 2 is 2.11 bits per heavy atom. The molecular formula is C13H18ClN5. The average molecular weight is 280 g/mol. The van der Waals surface area contributed by atoms with Crippen molar-refractivity contribution in [1.82, 2.24) is 20.2 Å². The van der Waals surface area contributed by atoms with Gasteiger partial charge in [-0.05, 0) is 48.9 Å². The molecule has 0 amide bonds. The summed E-state index contributed by atoms with van der Waals surface area (Å²) in [6.45, 7) is 6.35. The summed E-state index contributed by atoms with van der Waals surface area (Å²) in [6, 6.07) is 5.32. The number of aromatic nitrogens is 4. The van der Waals surface area contributed by atoms with E-state index in [4.69, 9.17) is 17.3 Å². The van der Waals surface area contributed by atoms with Crippen LogP contribution in [0.4, 0.5) is 5.69 Å². The fourth-order valence-corrected chi connectivity index (χ4v) is 2.40. The Morgan fingerprint density at radius 3 is 2.79 bits per heavy atom. The molecule has 2 N–H and O–H groups in total. The molecule has 0 saturated heterocycles. The van der Waals surface area contributed by atoms with Gasteiger partial charge in [0.1, 0.15) is 0 Å². The van der Waals surface area contributed by atoms with Gasteiger partial charge in [0.05, 0.1) is 10.6 Å². The van der Waals surface area contributed by atoms with E-state index >= 15 is 0 Å². The van der Waals surface area contributed by atoms with Crippen LogP contribution in [0.2, 0.25) is 5.02 Å². The van der Waals surface area contributed by atoms with Crippen LogP contribution in [0.5, 0.6) is 0 Å². The molecule has 1 aromatic carbocycles. The number of anilines is 1. The molecule has 6 heteroatoms. The summed E-state index contributed by atoms with van der Waals surface area (Å²) in [5, 5.41) is 12.6. The molecule has 0 radical (unpaired) electrons. The molecule has 2 aromatic rings. The Labute approximate surface area is 117 Å². The number of nitrogens with zero attached hydrogens (tertiary/aromatic N) is 4. The molecule has 0 aliphatic carbocycles. The molecule has 1 heterocycles. The smallest absolute Gasteiger partial charge is 0.184 e. The van der Waals surface area contributed by atoms with Gasteiger partial charge in [0.25, 0.3) is 0 Å². The second kappa shape index (κ2) is 5.17. The summed E-state index contributed by atoms with van der Waals surface area (Å²) in [5.74, 6) is 0.649. The van der Waals surface area contributed by atoms with Gasteiger partial charge in [0.2, 0.25) is 0 Å². The second-order valence-electron chi connectivity index (χ2n) is 5.22. The molecule has 5 nitrogen and oxygen atoms in total. The van der Waals surface area contributed by atoms with Crippen LogP contribution in [0.15, 0.2) is 18.2 Å². The normalized spacial score (nSPS) is 11.8. The van der Waals surface area contributed by atoms with Crippen molar-refractivity contribution in [3.63, 3.8) is 0 Å². The highest BCUT2D eigenvalue weighted by Gasteiger charge is 2.26. The van der Waals surface area contributed by atoms with Gasteiger partial charge in [-0.15, -0.1) is 5.10 Å². The van der Waals surface area contributed by atoms with E-state index in [9.17, 15) is 0 Å². The zero-order chi connectivity index (χ0) is 14.0. The largest absolute Gasteiger partial charge is 0.399 e. The van der Waals surface area contributed by atoms with E-state index in [0.717, 1.165) is 18.4 Å². The molecule has 1 aromatic heterocycles. The predicted molar refractivity (Wildman–Crippen MR) is 76.9 cm³/mol. The molecule has 0 bridgehead atoms. The van der Waals surface area contributed by atoms with Gasteiger partial charge in [0, 0.05) is 11.3 Å². The van der Waals surface area contributed by atoms with Crippen molar-refractivity contribution in [3.8, 4) is 11.4 Å². The molecule has 0 aliphatic rings. The van der Waals surface area contributed by atoms with Crippen molar-refractivity contribution in [3.05, 3.63) is 23.2 Å². The van der Waals surface area contributed by atoms with Crippen molar-refractivity contribution >= 4 is 17.3 Å². The molecule has 0 spiro atoms. The van der Waals surface area contributed by atoms with Gasteiger partial charge in [-0.2, -0.15) is 0 Å². The molecule has 0 fully saturated rings. The summed E-state index contributed by atoms with van der Waals surface area (Å²) >= 11 is 6.22. The standard InChI is InChI=1S/C13H18ClN5/c1-4-7-13(2,3)19-12(16-17-18-19)10-8-9(15)5-6-11(10)14/h5-6,8H,4,7,15H2,1-3H3. The fourth-order valence-electron chi connectivity index (χ4n) is 2.19. The van der Waals surface area contributed by atoms with Crippen molar-refractivity contribution in [1.29, 1.82) is 0 Å². The van der Waals surface area contributed by atoms with Gasteiger partial charge in [-0.25, -0.2) is 4.68 Å². The first kappa shape index (κ1) is 13.8. The predicted octanol–water partition coefficient (Wildman–Crippen LogP) is 3.11. The molecule has 102 valence electrons. The van der Waals surface area contributed by atoms with Crippen LogP contribution in [-0.2, 0) is 5.54 Å². The Morgan fingerprint density at radius 1 is 1.37 bits per heavy atom. The van der Waals surface area contributed by atoms with Crippen molar-refractivity contribution in [2.24, 2.45) is 0 Å². The molecule has 0 saturated carbocycles. The maximum atomic E-state index is 6.22. The number of nitrogens with two attached hydrogens (primary N) is 1. The highest BCUT2D eigenvalue weighted by Crippen LogP contribution is 2.31. The Balaban J connectivity index is 2.53. The summed E-state index contributed by atoms with van der Waals surface area (Å²) in [5.41, 5.74) is 7.05. The lowest BCUT2D eigenvalue weighted by molar-refractivity contribution is 0.290. The topological polar surface area (TPSA) is 69.6 Å². The van der Waals surface area contributed by atoms with Crippen LogP contribution in [-0.4, -0.2) is 20.2 Å². The third kappa shape index (κ3) is 2.71. The van der Waals surface area contributed by atoms with E-state index in [1.807, 2.05) is 4.68 Å². The minimum absolute atomic E-state index is 0.165. The first-order valence-corrected chi connectivity index (χ1v) is 6.68. The summed E-state index contributed by atoms with van der Waals surface area (Å²) in [4.78, 5) is 0. The van der Waals surface area contributed by atoms with E-state index in [1.54, 1.807) is 18.2 Å². The minimum Gasteiger partial charge on any atom is -0.399 e. The quantitative estimate of drug-likeness (QED) is 0.873. The van der Waals surface area contributed by atoms with Crippen LogP contribution in [0, 0.1) is 0 Å². The first-order valence-electron chi connectivity index (χ1n) is 6.30. The van der Waals surface area contributed by atoms with Gasteiger partial charge in [-0.3, -0.25) is 0 Å². The summed E-state index contributed by atoms with van der Waals surface area (Å²) in [6.07, 6.45) is 2.03. The van der Waals surface area contributed by atoms with Crippen LogP contribution < -0.4 is 5.73 Å². The number of hydrogen-bond acceptors (Lipinski definition) is 4. The van der Waals surface area contributed by atoms with Crippen LogP contribution in [0.25, 0.3) is 11.4 Å². The van der Waals surface area contributed by atoms with Crippen LogP contribution >= 0.6 is 11.6 Å². The van der Waals surface area contributed by atoms with E-state index in [-0.39, 0.29) is 5.54 Å². The first-order chi connectivity index (χ1) is 8.95. The Kier molecular flexibility index (Phi) is 3.75. The van der Waals surface area contributed by atoms with E-state index in [2.05, 4.69) is 36.3 Å². The lowest BCUT2D eigenvalue weighted by Gasteiger charge is -2.25. The van der Waals surface area contributed by atoms with E-state index in [0.29, 0.717) is 16.5 Å². The van der Waals surface area contributed by atoms with Gasteiger partial charge in [0.15, 0.2) is 5.82 Å². The summed E-state index contributed by atoms with van der Waals surface area (Å²) in [7, 11) is 0. The SMILES string of the molecule is CCCC(C)(C)n1nnnc1-c1cc(N)ccc1Cl. The number of hydrogen-bond donors (Lipinski definition) is 1. The Hall–Kier alpha value is -1.62. The molecule has 0 aliphatic heterocycles. The third-order valence-corrected chi connectivity index (χ3v) is 3.47. The molecule has 0 atom stereocenters. The highest BCUT2D eigenvalue weighted by molar-refractivity contribution is 6.33. The van der Waals surface area contributed by atoms with Crippen LogP contribution in [0.1, 0.15) is 33.6 Å². The van der Waals surface area contributed by atoms with Crippen molar-refractivity contribution in [2.75, 3.05) is 5.73 Å². The van der Waals surface area contributed by atoms with E-state index < -0.39 is 0 Å². The fraction of sp³-hybridized carbons (Fsp3) is 0.462.